The van der Waals surface area contributed by atoms with Gasteiger partial charge in [-0.1, -0.05) is 56.3 Å². The van der Waals surface area contributed by atoms with Gasteiger partial charge in [0, 0.05) is 29.3 Å². The van der Waals surface area contributed by atoms with Gasteiger partial charge in [0.2, 0.25) is 5.96 Å². The van der Waals surface area contributed by atoms with Gasteiger partial charge in [-0.05, 0) is 53.8 Å². The Balaban J connectivity index is 1.53. The Labute approximate surface area is 192 Å². The van der Waals surface area contributed by atoms with E-state index >= 15 is 0 Å². The molecule has 1 amide bonds. The monoisotopic (exact) mass is 442 g/mol. The number of para-hydroxylation sites is 1. The van der Waals surface area contributed by atoms with Gasteiger partial charge in [-0.25, -0.2) is 4.39 Å². The Morgan fingerprint density at radius 3 is 2.48 bits per heavy atom. The normalized spacial score (nSPS) is 11.7. The van der Waals surface area contributed by atoms with E-state index in [4.69, 9.17) is 0 Å². The Morgan fingerprint density at radius 2 is 1.73 bits per heavy atom. The molecule has 4 aromatic rings. The summed E-state index contributed by atoms with van der Waals surface area (Å²) in [5.41, 5.74) is 4.20. The van der Waals surface area contributed by atoms with E-state index in [1.165, 1.54) is 17.7 Å². The van der Waals surface area contributed by atoms with Gasteiger partial charge in [-0.2, -0.15) is 0 Å². The highest BCUT2D eigenvalue weighted by atomic mass is 19.1. The average Bonchev–Trinajstić information content (AvgIpc) is 3.23. The van der Waals surface area contributed by atoms with E-state index in [-0.39, 0.29) is 11.5 Å². The number of halogens is 1. The summed E-state index contributed by atoms with van der Waals surface area (Å²) in [5, 5.41) is 7.05. The summed E-state index contributed by atoms with van der Waals surface area (Å²) >= 11 is 0. The van der Waals surface area contributed by atoms with Crippen molar-refractivity contribution >= 4 is 28.5 Å². The lowest BCUT2D eigenvalue weighted by atomic mass is 10.0. The van der Waals surface area contributed by atoms with Crippen LogP contribution in [0.5, 0.6) is 0 Å². The van der Waals surface area contributed by atoms with E-state index in [2.05, 4.69) is 40.5 Å². The Kier molecular flexibility index (Phi) is 6.83. The van der Waals surface area contributed by atoms with Crippen molar-refractivity contribution < 1.29 is 9.18 Å². The lowest BCUT2D eigenvalue weighted by Crippen LogP contribution is -2.36. The van der Waals surface area contributed by atoms with Gasteiger partial charge in [-0.3, -0.25) is 15.1 Å². The van der Waals surface area contributed by atoms with Crippen LogP contribution in [0, 0.1) is 5.82 Å². The fourth-order valence-corrected chi connectivity index (χ4v) is 3.65. The van der Waals surface area contributed by atoms with Gasteiger partial charge < -0.3 is 10.3 Å². The lowest BCUT2D eigenvalue weighted by molar-refractivity contribution is 0.0973. The van der Waals surface area contributed by atoms with Crippen LogP contribution in [0.25, 0.3) is 10.9 Å². The third-order valence-electron chi connectivity index (χ3n) is 5.52. The highest BCUT2D eigenvalue weighted by Gasteiger charge is 2.14. The minimum absolute atomic E-state index is 0.0289. The number of H-pyrrole nitrogens is 1. The molecule has 0 spiro atoms. The summed E-state index contributed by atoms with van der Waals surface area (Å²) in [6, 6.07) is 22.0. The molecule has 0 saturated heterocycles. The zero-order valence-corrected chi connectivity index (χ0v) is 18.7. The van der Waals surface area contributed by atoms with Crippen molar-refractivity contribution in [2.75, 3.05) is 11.9 Å². The van der Waals surface area contributed by atoms with Crippen LogP contribution in [0.15, 0.2) is 84.0 Å². The van der Waals surface area contributed by atoms with Crippen molar-refractivity contribution in [1.82, 2.24) is 10.3 Å². The van der Waals surface area contributed by atoms with E-state index in [0.29, 0.717) is 18.9 Å². The number of aromatic nitrogens is 1. The lowest BCUT2D eigenvalue weighted by Gasteiger charge is -2.13. The number of guanidine groups is 1. The van der Waals surface area contributed by atoms with Crippen LogP contribution >= 0.6 is 0 Å². The number of carbonyl (C=O) groups is 1. The van der Waals surface area contributed by atoms with Crippen LogP contribution in [-0.4, -0.2) is 23.4 Å². The van der Waals surface area contributed by atoms with Crippen molar-refractivity contribution in [3.8, 4) is 0 Å². The molecule has 0 aliphatic carbocycles. The van der Waals surface area contributed by atoms with Crippen molar-refractivity contribution in [2.45, 2.75) is 26.2 Å². The first-order valence-corrected chi connectivity index (χ1v) is 11.0. The molecule has 33 heavy (non-hydrogen) atoms. The van der Waals surface area contributed by atoms with Crippen LogP contribution in [0.2, 0.25) is 0 Å². The molecule has 0 aliphatic heterocycles. The van der Waals surface area contributed by atoms with Crippen LogP contribution in [0.1, 0.15) is 41.3 Å². The number of amides is 1. The van der Waals surface area contributed by atoms with Gasteiger partial charge in [0.1, 0.15) is 5.82 Å². The maximum absolute atomic E-state index is 14.1. The average molecular weight is 443 g/mol. The topological polar surface area (TPSA) is 69.3 Å². The second-order valence-electron chi connectivity index (χ2n) is 8.18. The summed E-state index contributed by atoms with van der Waals surface area (Å²) in [6.07, 6.45) is 2.67. The molecule has 0 saturated carbocycles. The SMILES string of the molecule is CC(C)c1ccc(NC(=NCCc2c[nH]c3ccccc23)NC(=O)c2ccccc2F)cc1. The molecule has 0 aliphatic rings. The predicted octanol–water partition coefficient (Wildman–Crippen LogP) is 5.87. The first-order valence-electron chi connectivity index (χ1n) is 11.0. The second kappa shape index (κ2) is 10.1. The minimum Gasteiger partial charge on any atom is -0.361 e. The summed E-state index contributed by atoms with van der Waals surface area (Å²) in [7, 11) is 0. The van der Waals surface area contributed by atoms with E-state index in [0.717, 1.165) is 22.2 Å². The molecule has 0 bridgehead atoms. The number of hydrogen-bond donors (Lipinski definition) is 3. The number of hydrogen-bond acceptors (Lipinski definition) is 2. The number of nitrogens with zero attached hydrogens (tertiary/aromatic N) is 1. The third kappa shape index (κ3) is 5.47. The summed E-state index contributed by atoms with van der Waals surface area (Å²) < 4.78 is 14.1. The molecule has 6 heteroatoms. The quantitative estimate of drug-likeness (QED) is 0.258. The summed E-state index contributed by atoms with van der Waals surface area (Å²) in [4.78, 5) is 20.6. The maximum atomic E-state index is 14.1. The molecule has 0 unspecified atom stereocenters. The van der Waals surface area contributed by atoms with Gasteiger partial charge in [0.05, 0.1) is 5.56 Å². The molecule has 3 N–H and O–H groups in total. The van der Waals surface area contributed by atoms with Gasteiger partial charge in [-0.15, -0.1) is 0 Å². The largest absolute Gasteiger partial charge is 0.361 e. The van der Waals surface area contributed by atoms with E-state index in [1.54, 1.807) is 12.1 Å². The molecule has 4 rings (SSSR count). The first kappa shape index (κ1) is 22.3. The number of aliphatic imine (C=N–C) groups is 1. The van der Waals surface area contributed by atoms with Crippen molar-refractivity contribution in [3.63, 3.8) is 0 Å². The van der Waals surface area contributed by atoms with Crippen molar-refractivity contribution in [1.29, 1.82) is 0 Å². The number of carbonyl (C=O) groups excluding carboxylic acids is 1. The molecule has 0 atom stereocenters. The number of fused-ring (bicyclic) bond motifs is 1. The van der Waals surface area contributed by atoms with E-state index < -0.39 is 11.7 Å². The fraction of sp³-hybridized carbons (Fsp3) is 0.185. The Morgan fingerprint density at radius 1 is 1.00 bits per heavy atom. The molecule has 0 fully saturated rings. The zero-order valence-electron chi connectivity index (χ0n) is 18.7. The Bertz CT molecular complexity index is 1270. The molecular formula is C27H27FN4O. The molecule has 3 aromatic carbocycles. The zero-order chi connectivity index (χ0) is 23.2. The highest BCUT2D eigenvalue weighted by Crippen LogP contribution is 2.19. The van der Waals surface area contributed by atoms with Gasteiger partial charge in [0.15, 0.2) is 0 Å². The molecule has 0 radical (unpaired) electrons. The van der Waals surface area contributed by atoms with Crippen LogP contribution in [0.4, 0.5) is 10.1 Å². The number of aromatic amines is 1. The second-order valence-corrected chi connectivity index (χ2v) is 8.18. The number of anilines is 1. The maximum Gasteiger partial charge on any atom is 0.260 e. The van der Waals surface area contributed by atoms with Crippen molar-refractivity contribution in [3.05, 3.63) is 102 Å². The first-order chi connectivity index (χ1) is 16.0. The Hall–Kier alpha value is -3.93. The summed E-state index contributed by atoms with van der Waals surface area (Å²) in [6.45, 7) is 4.72. The summed E-state index contributed by atoms with van der Waals surface area (Å²) in [5.74, 6) is -0.427. The number of rotatable bonds is 6. The van der Waals surface area contributed by atoms with Gasteiger partial charge >= 0.3 is 0 Å². The van der Waals surface area contributed by atoms with Crippen molar-refractivity contribution in [2.24, 2.45) is 4.99 Å². The minimum atomic E-state index is -0.575. The van der Waals surface area contributed by atoms with Gasteiger partial charge in [0.25, 0.3) is 5.91 Å². The molecule has 168 valence electrons. The highest BCUT2D eigenvalue weighted by molar-refractivity contribution is 6.10. The molecule has 5 nitrogen and oxygen atoms in total. The third-order valence-corrected chi connectivity index (χ3v) is 5.52. The standard InChI is InChI=1S/C27H27FN4O/c1-18(2)19-11-13-21(14-12-19)31-27(32-26(33)23-8-3-5-9-24(23)28)29-16-15-20-17-30-25-10-6-4-7-22(20)25/h3-14,17-18,30H,15-16H2,1-2H3,(H2,29,31,32,33). The van der Waals surface area contributed by atoms with Crippen LogP contribution < -0.4 is 10.6 Å². The molecular weight excluding hydrogens is 415 g/mol. The predicted molar refractivity (Wildman–Crippen MR) is 132 cm³/mol. The van der Waals surface area contributed by atoms with E-state index in [1.807, 2.05) is 48.7 Å². The van der Waals surface area contributed by atoms with E-state index in [9.17, 15) is 9.18 Å². The smallest absolute Gasteiger partial charge is 0.260 e. The molecule has 1 heterocycles. The number of benzene rings is 3. The molecule has 1 aromatic heterocycles. The number of nitrogens with one attached hydrogen (secondary N) is 3. The van der Waals surface area contributed by atoms with Crippen LogP contribution in [-0.2, 0) is 6.42 Å². The fourth-order valence-electron chi connectivity index (χ4n) is 3.65. The van der Waals surface area contributed by atoms with Crippen LogP contribution in [0.3, 0.4) is 0 Å².